The molecule has 0 saturated carbocycles. The van der Waals surface area contributed by atoms with Crippen molar-refractivity contribution in [1.29, 1.82) is 0 Å². The van der Waals surface area contributed by atoms with Crippen molar-refractivity contribution in [2.24, 2.45) is 0 Å². The predicted octanol–water partition coefficient (Wildman–Crippen LogP) is 6.49. The second-order valence-corrected chi connectivity index (χ2v) is 32.7. The second kappa shape index (κ2) is 8.70. The molecule has 0 N–H and O–H groups in total. The summed E-state index contributed by atoms with van der Waals surface area (Å²) in [6, 6.07) is 0. The molecule has 25 heavy (non-hydrogen) atoms. The van der Waals surface area contributed by atoms with Crippen LogP contribution in [0.3, 0.4) is 0 Å². The summed E-state index contributed by atoms with van der Waals surface area (Å²) in [6.45, 7) is 27.9. The van der Waals surface area contributed by atoms with Crippen molar-refractivity contribution in [2.45, 2.75) is 97.7 Å². The van der Waals surface area contributed by atoms with Crippen LogP contribution in [0.4, 0.5) is 0 Å². The maximum absolute atomic E-state index is 7.14. The Morgan fingerprint density at radius 3 is 0.920 bits per heavy atom. The summed E-state index contributed by atoms with van der Waals surface area (Å²) in [4.78, 5) is 0. The van der Waals surface area contributed by atoms with Crippen LogP contribution in [-0.2, 0) is 16.5 Å². The van der Waals surface area contributed by atoms with Crippen LogP contribution in [0.2, 0.25) is 70.0 Å². The molecule has 0 aromatic rings. The first-order chi connectivity index (χ1) is 10.7. The number of rotatable bonds is 10. The average molecular weight is 461 g/mol. The summed E-state index contributed by atoms with van der Waals surface area (Å²) < 4.78 is 26.6. The minimum Gasteiger partial charge on any atom is -0.396 e. The Balaban J connectivity index is 6.21. The van der Waals surface area contributed by atoms with Crippen molar-refractivity contribution in [2.75, 3.05) is 0 Å². The van der Waals surface area contributed by atoms with Crippen molar-refractivity contribution < 1.29 is 16.5 Å². The van der Waals surface area contributed by atoms with Crippen molar-refractivity contribution in [3.63, 3.8) is 0 Å². The second-order valence-electron chi connectivity index (χ2n) is 10.3. The third-order valence-corrected chi connectivity index (χ3v) is 22.2. The van der Waals surface area contributed by atoms with Gasteiger partial charge in [0.2, 0.25) is 0 Å². The molecule has 0 aromatic heterocycles. The maximum Gasteiger partial charge on any atom is 0.637 e. The van der Waals surface area contributed by atoms with E-state index in [9.17, 15) is 0 Å². The Kier molecular flexibility index (Phi) is 9.13. The molecule has 0 atom stereocenters. The number of halogens is 1. The molecule has 0 bridgehead atoms. The van der Waals surface area contributed by atoms with Gasteiger partial charge in [-0.3, -0.25) is 0 Å². The third kappa shape index (κ3) is 9.81. The highest BCUT2D eigenvalue weighted by Gasteiger charge is 2.59. The van der Waals surface area contributed by atoms with Crippen LogP contribution in [0, 0.1) is 0 Å². The van der Waals surface area contributed by atoms with Gasteiger partial charge in [0.15, 0.2) is 25.0 Å². The fourth-order valence-corrected chi connectivity index (χ4v) is 20.2. The minimum absolute atomic E-state index is 0.238. The van der Waals surface area contributed by atoms with Gasteiger partial charge < -0.3 is 16.5 Å². The summed E-state index contributed by atoms with van der Waals surface area (Å²) in [6.07, 6.45) is 0. The summed E-state index contributed by atoms with van der Waals surface area (Å²) in [7, 11) is -11.9. The maximum atomic E-state index is 7.14. The van der Waals surface area contributed by atoms with E-state index >= 15 is 0 Å². The first-order valence-electron chi connectivity index (χ1n) is 9.21. The van der Waals surface area contributed by atoms with E-state index in [0.29, 0.717) is 0 Å². The highest BCUT2D eigenvalue weighted by molar-refractivity contribution is 7.20. The predicted molar refractivity (Wildman–Crippen MR) is 122 cm³/mol. The zero-order valence-electron chi connectivity index (χ0n) is 18.7. The van der Waals surface area contributed by atoms with Gasteiger partial charge in [-0.15, -0.1) is 11.1 Å². The quantitative estimate of drug-likeness (QED) is 0.275. The van der Waals surface area contributed by atoms with E-state index in [4.69, 9.17) is 27.5 Å². The van der Waals surface area contributed by atoms with E-state index in [2.05, 4.69) is 86.6 Å². The Morgan fingerprint density at radius 1 is 0.520 bits per heavy atom. The van der Waals surface area contributed by atoms with E-state index in [1.165, 1.54) is 0 Å². The molecule has 10 heteroatoms. The van der Waals surface area contributed by atoms with Gasteiger partial charge in [-0.25, -0.2) is 0 Å². The normalized spacial score (nSPS) is 15.4. The molecule has 0 rings (SSSR count). The van der Waals surface area contributed by atoms with Crippen LogP contribution in [-0.4, -0.2) is 41.6 Å². The molecule has 0 unspecified atom stereocenters. The summed E-state index contributed by atoms with van der Waals surface area (Å²) in [5.41, 5.74) is 0.475. The first kappa shape index (κ1) is 26.2. The largest absolute Gasteiger partial charge is 0.637 e. The molecule has 0 aliphatic carbocycles. The topological polar surface area (TPSA) is 36.9 Å². The summed E-state index contributed by atoms with van der Waals surface area (Å²) in [5.74, 6) is 0. The molecule has 0 aromatic carbocycles. The van der Waals surface area contributed by atoms with E-state index in [-0.39, 0.29) is 11.1 Å². The highest BCUT2D eigenvalue weighted by Crippen LogP contribution is 2.41. The molecule has 0 heterocycles. The first-order valence-corrected chi connectivity index (χ1v) is 24.1. The van der Waals surface area contributed by atoms with Gasteiger partial charge in [-0.1, -0.05) is 27.7 Å². The molecule has 0 aliphatic heterocycles. The smallest absolute Gasteiger partial charge is 0.396 e. The molecular formula is C15H41ClO4Si5. The summed E-state index contributed by atoms with van der Waals surface area (Å²) in [5, 5.41) is 0. The van der Waals surface area contributed by atoms with Crippen molar-refractivity contribution in [3.05, 3.63) is 0 Å². The van der Waals surface area contributed by atoms with Crippen LogP contribution >= 0.6 is 11.1 Å². The highest BCUT2D eigenvalue weighted by atomic mass is 35.6. The zero-order chi connectivity index (χ0) is 20.5. The Labute approximate surface area is 166 Å². The molecule has 0 aliphatic rings. The van der Waals surface area contributed by atoms with Gasteiger partial charge in [0.25, 0.3) is 7.63 Å². The Hall–Kier alpha value is 1.21. The fourth-order valence-electron chi connectivity index (χ4n) is 2.34. The van der Waals surface area contributed by atoms with E-state index in [1.807, 2.05) is 0 Å². The van der Waals surface area contributed by atoms with Crippen LogP contribution < -0.4 is 0 Å². The van der Waals surface area contributed by atoms with E-state index in [1.54, 1.807) is 0 Å². The van der Waals surface area contributed by atoms with Gasteiger partial charge in [0, 0.05) is 0 Å². The lowest BCUT2D eigenvalue weighted by molar-refractivity contribution is 0.147. The van der Waals surface area contributed by atoms with Crippen LogP contribution in [0.15, 0.2) is 0 Å². The third-order valence-electron chi connectivity index (χ3n) is 3.15. The standard InChI is InChI=1S/C15H41ClO4Si5/c1-14(2)24(16,15(3)4)20-25(17-21(5,6)7,18-22(8,9)10)19-23(11,12)13/h14-15H,1-13H3. The molecule has 152 valence electrons. The molecule has 0 amide bonds. The minimum atomic E-state index is -3.35. The van der Waals surface area contributed by atoms with Crippen LogP contribution in [0.5, 0.6) is 0 Å². The summed E-state index contributed by atoms with van der Waals surface area (Å²) >= 11 is 7.14. The lowest BCUT2D eigenvalue weighted by Crippen LogP contribution is -2.66. The van der Waals surface area contributed by atoms with E-state index in [0.717, 1.165) is 0 Å². The van der Waals surface area contributed by atoms with Crippen molar-refractivity contribution >= 4 is 52.7 Å². The lowest BCUT2D eigenvalue weighted by atomic mass is 10.5. The van der Waals surface area contributed by atoms with Gasteiger partial charge in [0.05, 0.1) is 0 Å². The SMILES string of the molecule is CC(C)[Si](Cl)(O[Si](O[Si](C)(C)C)(O[Si](C)(C)C)O[Si](C)(C)C)C(C)C. The molecule has 0 saturated heterocycles. The van der Waals surface area contributed by atoms with E-state index < -0.39 is 41.6 Å². The molecule has 0 fully saturated rings. The number of hydrogen-bond donors (Lipinski definition) is 0. The van der Waals surface area contributed by atoms with Crippen molar-refractivity contribution in [1.82, 2.24) is 0 Å². The van der Waals surface area contributed by atoms with Crippen molar-refractivity contribution in [3.8, 4) is 0 Å². The Bertz CT molecular complexity index is 378. The van der Waals surface area contributed by atoms with Gasteiger partial charge >= 0.3 is 9.05 Å². The fraction of sp³-hybridized carbons (Fsp3) is 1.00. The van der Waals surface area contributed by atoms with Crippen LogP contribution in [0.25, 0.3) is 0 Å². The average Bonchev–Trinajstić information content (AvgIpc) is 2.19. The zero-order valence-corrected chi connectivity index (χ0v) is 24.4. The Morgan fingerprint density at radius 2 is 0.760 bits per heavy atom. The lowest BCUT2D eigenvalue weighted by Gasteiger charge is -2.46. The molecule has 4 nitrogen and oxygen atoms in total. The van der Waals surface area contributed by atoms with Gasteiger partial charge in [0.1, 0.15) is 0 Å². The molecule has 0 spiro atoms. The van der Waals surface area contributed by atoms with Gasteiger partial charge in [-0.05, 0) is 70.0 Å². The monoisotopic (exact) mass is 460 g/mol. The molecule has 0 radical (unpaired) electrons. The van der Waals surface area contributed by atoms with Crippen LogP contribution in [0.1, 0.15) is 27.7 Å². The molecular weight excluding hydrogens is 420 g/mol. The van der Waals surface area contributed by atoms with Gasteiger partial charge in [-0.2, -0.15) is 0 Å². The number of hydrogen-bond acceptors (Lipinski definition) is 4.